The molecule has 0 bridgehead atoms. The Morgan fingerprint density at radius 3 is 2.22 bits per heavy atom. The number of rotatable bonds is 10. The molecule has 1 rings (SSSR count). The summed E-state index contributed by atoms with van der Waals surface area (Å²) in [6.45, 7) is 7.66. The Hall–Kier alpha value is 1.23. The van der Waals surface area contributed by atoms with E-state index in [-0.39, 0.29) is 11.7 Å². The Morgan fingerprint density at radius 1 is 1.22 bits per heavy atom. The predicted molar refractivity (Wildman–Crippen MR) is 113 cm³/mol. The monoisotopic (exact) mass is 510 g/mol. The van der Waals surface area contributed by atoms with E-state index >= 15 is 0 Å². The molecular weight excluding hydrogens is 487 g/mol. The lowest BCUT2D eigenvalue weighted by Gasteiger charge is -2.27. The van der Waals surface area contributed by atoms with Crippen LogP contribution in [0.25, 0.3) is 0 Å². The number of Topliss-reactive ketones (excluding diaryl/α,β-unsaturated/α-hetero) is 1. The van der Waals surface area contributed by atoms with Gasteiger partial charge in [0, 0.05) is 28.9 Å². The first kappa shape index (κ1) is 22.3. The predicted octanol–water partition coefficient (Wildman–Crippen LogP) is 4.62. The van der Waals surface area contributed by atoms with Gasteiger partial charge in [-0.2, -0.15) is 0 Å². The average molecular weight is 511 g/mol. The molecule has 1 N–H and O–H groups in total. The molecule has 1 saturated heterocycles. The van der Waals surface area contributed by atoms with Crippen LogP contribution in [0, 0.1) is 11.8 Å². The zero-order valence-corrected chi connectivity index (χ0v) is 19.1. The molecule has 1 atom stereocenters. The third-order valence-corrected chi connectivity index (χ3v) is 10.2. The highest BCUT2D eigenvalue weighted by molar-refractivity contribution is 14.1. The van der Waals surface area contributed by atoms with Gasteiger partial charge in [-0.15, -0.1) is 23.5 Å². The van der Waals surface area contributed by atoms with Gasteiger partial charge < -0.3 is 5.11 Å². The fraction of sp³-hybridized carbons (Fsp3) is 0.857. The van der Waals surface area contributed by atoms with Gasteiger partial charge in [0.05, 0.1) is 10.7 Å². The standard InChI is InChI=1S/C14H23IO4S4/c1-13(2,11(16)9-7-22-23-8-9)20-5-10(12(17)18)6-21-14(3,4)19-15/h9-10H,5-8H2,1-4H3,(H,17,18). The highest BCUT2D eigenvalue weighted by Gasteiger charge is 2.37. The van der Waals surface area contributed by atoms with E-state index in [2.05, 4.69) is 0 Å². The van der Waals surface area contributed by atoms with Crippen LogP contribution in [0.15, 0.2) is 0 Å². The van der Waals surface area contributed by atoms with E-state index in [0.29, 0.717) is 11.5 Å². The number of ketones is 1. The maximum absolute atomic E-state index is 12.6. The molecule has 1 heterocycles. The van der Waals surface area contributed by atoms with E-state index in [1.165, 1.54) is 23.5 Å². The van der Waals surface area contributed by atoms with Gasteiger partial charge in [-0.25, -0.2) is 0 Å². The first-order valence-corrected chi connectivity index (χ1v) is 12.5. The molecule has 23 heavy (non-hydrogen) atoms. The van der Waals surface area contributed by atoms with Crippen molar-refractivity contribution in [1.29, 1.82) is 0 Å². The summed E-state index contributed by atoms with van der Waals surface area (Å²) >= 11 is 4.78. The van der Waals surface area contributed by atoms with Gasteiger partial charge >= 0.3 is 5.97 Å². The molecule has 0 aromatic carbocycles. The quantitative estimate of drug-likeness (QED) is 0.260. The molecule has 0 spiro atoms. The largest absolute Gasteiger partial charge is 0.481 e. The first-order valence-electron chi connectivity index (χ1n) is 7.18. The Balaban J connectivity index is 2.56. The van der Waals surface area contributed by atoms with Gasteiger partial charge in [0.25, 0.3) is 0 Å². The molecule has 0 amide bonds. The summed E-state index contributed by atoms with van der Waals surface area (Å²) in [5.74, 6) is 1.67. The Labute approximate surface area is 168 Å². The SMILES string of the molecule is CC(C)(OI)SCC(CSC(C)(C)C(=O)C1CSSC1)C(=O)O. The van der Waals surface area contributed by atoms with Crippen molar-refractivity contribution in [3.63, 3.8) is 0 Å². The molecule has 1 unspecified atom stereocenters. The van der Waals surface area contributed by atoms with Crippen LogP contribution >= 0.6 is 68.1 Å². The van der Waals surface area contributed by atoms with E-state index in [4.69, 9.17) is 3.07 Å². The van der Waals surface area contributed by atoms with Gasteiger partial charge in [0.15, 0.2) is 5.78 Å². The van der Waals surface area contributed by atoms with Gasteiger partial charge in [-0.05, 0) is 27.7 Å². The zero-order valence-electron chi connectivity index (χ0n) is 13.7. The maximum Gasteiger partial charge on any atom is 0.308 e. The molecule has 0 radical (unpaired) electrons. The molecule has 9 heteroatoms. The normalized spacial score (nSPS) is 18.1. The van der Waals surface area contributed by atoms with E-state index in [0.717, 1.165) is 11.5 Å². The number of hydrogen-bond donors (Lipinski definition) is 1. The summed E-state index contributed by atoms with van der Waals surface area (Å²) < 4.78 is 4.76. The van der Waals surface area contributed by atoms with Crippen LogP contribution in [0.1, 0.15) is 27.7 Å². The van der Waals surface area contributed by atoms with Crippen LogP contribution in [0.3, 0.4) is 0 Å². The second-order valence-electron chi connectivity index (χ2n) is 6.27. The number of thioether (sulfide) groups is 2. The minimum absolute atomic E-state index is 0.0940. The highest BCUT2D eigenvalue weighted by atomic mass is 127. The van der Waals surface area contributed by atoms with Crippen LogP contribution in [0.2, 0.25) is 0 Å². The number of halogens is 1. The zero-order chi connectivity index (χ0) is 17.7. The van der Waals surface area contributed by atoms with E-state index in [9.17, 15) is 14.7 Å². The van der Waals surface area contributed by atoms with Crippen LogP contribution in [0.4, 0.5) is 0 Å². The lowest BCUT2D eigenvalue weighted by Crippen LogP contribution is -2.37. The van der Waals surface area contributed by atoms with Crippen LogP contribution in [0.5, 0.6) is 0 Å². The highest BCUT2D eigenvalue weighted by Crippen LogP contribution is 2.40. The molecule has 1 fully saturated rings. The molecular formula is C14H23IO4S4. The van der Waals surface area contributed by atoms with Crippen LogP contribution in [-0.4, -0.2) is 49.6 Å². The van der Waals surface area contributed by atoms with Gasteiger partial charge in [-0.3, -0.25) is 12.7 Å². The topological polar surface area (TPSA) is 63.6 Å². The molecule has 1 aliphatic heterocycles. The number of hydrogen-bond acceptors (Lipinski definition) is 7. The molecule has 0 saturated carbocycles. The first-order chi connectivity index (χ1) is 10.6. The minimum Gasteiger partial charge on any atom is -0.481 e. The third kappa shape index (κ3) is 7.55. The summed E-state index contributed by atoms with van der Waals surface area (Å²) in [7, 11) is 3.49. The number of carbonyl (C=O) groups is 2. The lowest BCUT2D eigenvalue weighted by molar-refractivity contribution is -0.140. The van der Waals surface area contributed by atoms with Gasteiger partial charge in [0.1, 0.15) is 27.9 Å². The molecule has 134 valence electrons. The van der Waals surface area contributed by atoms with Crippen molar-refractivity contribution in [2.45, 2.75) is 37.4 Å². The average Bonchev–Trinajstić information content (AvgIpc) is 2.99. The molecule has 1 aliphatic rings. The summed E-state index contributed by atoms with van der Waals surface area (Å²) in [6, 6.07) is 0. The van der Waals surface area contributed by atoms with E-state index in [1.807, 2.05) is 50.7 Å². The summed E-state index contributed by atoms with van der Waals surface area (Å²) in [5, 5.41) is 9.43. The molecule has 0 aromatic rings. The second kappa shape index (κ2) is 9.80. The summed E-state index contributed by atoms with van der Waals surface area (Å²) in [4.78, 5) is 23.7. The number of carbonyl (C=O) groups excluding carboxylic acids is 1. The Kier molecular flexibility index (Phi) is 9.49. The molecule has 4 nitrogen and oxygen atoms in total. The summed E-state index contributed by atoms with van der Waals surface area (Å²) in [6.07, 6.45) is 0. The fourth-order valence-corrected chi connectivity index (χ4v) is 7.24. The van der Waals surface area contributed by atoms with Crippen LogP contribution < -0.4 is 0 Å². The van der Waals surface area contributed by atoms with Crippen molar-refractivity contribution >= 4 is 79.9 Å². The van der Waals surface area contributed by atoms with Crippen molar-refractivity contribution in [2.75, 3.05) is 23.0 Å². The van der Waals surface area contributed by atoms with Crippen molar-refractivity contribution in [3.05, 3.63) is 0 Å². The smallest absolute Gasteiger partial charge is 0.308 e. The number of carboxylic acid groups (broad SMARTS) is 1. The van der Waals surface area contributed by atoms with E-state index < -0.39 is 21.6 Å². The fourth-order valence-electron chi connectivity index (χ4n) is 1.85. The lowest BCUT2D eigenvalue weighted by atomic mass is 9.97. The van der Waals surface area contributed by atoms with Gasteiger partial charge in [0.2, 0.25) is 0 Å². The Bertz CT molecular complexity index is 425. The van der Waals surface area contributed by atoms with Crippen molar-refractivity contribution in [2.24, 2.45) is 11.8 Å². The Morgan fingerprint density at radius 2 is 1.74 bits per heavy atom. The third-order valence-electron chi connectivity index (χ3n) is 3.40. The second-order valence-corrected chi connectivity index (χ2v) is 12.5. The summed E-state index contributed by atoms with van der Waals surface area (Å²) in [5.41, 5.74) is 0. The van der Waals surface area contributed by atoms with Crippen molar-refractivity contribution in [1.82, 2.24) is 0 Å². The minimum atomic E-state index is -0.815. The molecule has 0 aliphatic carbocycles. The van der Waals surface area contributed by atoms with E-state index in [1.54, 1.807) is 21.6 Å². The molecule has 0 aromatic heterocycles. The van der Waals surface area contributed by atoms with Crippen molar-refractivity contribution in [3.8, 4) is 0 Å². The number of aliphatic carboxylic acids is 1. The van der Waals surface area contributed by atoms with Crippen molar-refractivity contribution < 1.29 is 17.8 Å². The maximum atomic E-state index is 12.6. The van der Waals surface area contributed by atoms with Crippen LogP contribution in [-0.2, 0) is 12.7 Å². The number of carboxylic acids is 1. The van der Waals surface area contributed by atoms with Gasteiger partial charge in [-0.1, -0.05) is 21.6 Å².